The summed E-state index contributed by atoms with van der Waals surface area (Å²) in [6.45, 7) is 12.3. The molecule has 3 aromatic rings. The third kappa shape index (κ3) is 7.86. The number of carbonyl (C=O) groups excluding carboxylic acids is 3. The summed E-state index contributed by atoms with van der Waals surface area (Å²) in [6, 6.07) is 14.7. The number of anilines is 1. The first-order chi connectivity index (χ1) is 26.0. The van der Waals surface area contributed by atoms with E-state index < -0.39 is 50.3 Å². The molecule has 0 unspecified atom stereocenters. The van der Waals surface area contributed by atoms with Crippen molar-refractivity contribution in [3.63, 3.8) is 0 Å². The fourth-order valence-electron chi connectivity index (χ4n) is 7.98. The van der Waals surface area contributed by atoms with E-state index >= 15 is 0 Å². The van der Waals surface area contributed by atoms with Gasteiger partial charge in [-0.1, -0.05) is 70.0 Å². The minimum atomic E-state index is -3.95. The average Bonchev–Trinajstić information content (AvgIpc) is 3.95. The lowest BCUT2D eigenvalue weighted by Crippen LogP contribution is -2.58. The normalized spacial score (nSPS) is 27.1. The number of aromatic nitrogens is 2. The summed E-state index contributed by atoms with van der Waals surface area (Å²) in [4.78, 5) is 49.7. The van der Waals surface area contributed by atoms with Gasteiger partial charge >= 0.3 is 0 Å². The summed E-state index contributed by atoms with van der Waals surface area (Å²) in [6.07, 6.45) is 8.66. The minimum absolute atomic E-state index is 0.0315. The van der Waals surface area contributed by atoms with E-state index in [-0.39, 0.29) is 42.7 Å². The zero-order valence-corrected chi connectivity index (χ0v) is 33.7. The van der Waals surface area contributed by atoms with Crippen LogP contribution in [-0.2, 0) is 29.8 Å². The number of amides is 3. The number of benzene rings is 2. The number of nitrogens with zero attached hydrogens (tertiary/aromatic N) is 3. The minimum Gasteiger partial charge on any atom is -0.459 e. The van der Waals surface area contributed by atoms with Gasteiger partial charge in [0.15, 0.2) is 0 Å². The Morgan fingerprint density at radius 3 is 2.55 bits per heavy atom. The molecular weight excluding hydrogens is 717 g/mol. The van der Waals surface area contributed by atoms with E-state index in [1.807, 2.05) is 53.1 Å². The lowest BCUT2D eigenvalue weighted by atomic mass is 9.87. The van der Waals surface area contributed by atoms with E-state index in [9.17, 15) is 22.8 Å². The molecule has 5 atom stereocenters. The first-order valence-corrected chi connectivity index (χ1v) is 21.4. The fourth-order valence-corrected chi connectivity index (χ4v) is 9.29. The van der Waals surface area contributed by atoms with Gasteiger partial charge in [0.2, 0.25) is 21.8 Å². The molecule has 3 amide bonds. The summed E-state index contributed by atoms with van der Waals surface area (Å²) < 4.78 is 36.4. The predicted octanol–water partition coefficient (Wildman–Crippen LogP) is 6.14. The summed E-state index contributed by atoms with van der Waals surface area (Å²) in [5, 5.41) is 6.52. The highest BCUT2D eigenvalue weighted by atomic mass is 32.2. The van der Waals surface area contributed by atoms with Crippen molar-refractivity contribution >= 4 is 44.5 Å². The SMILES string of the molecule is CC(C)n1c(O[C@@H]2C[C@H]3C(=O)N[C@]4(C(=O)NS(=O)(=O)C5(C)CC5)C[C@H]4C=CCCCCC[C@H](Nc4cccc(C(C)(C)C)c4)C(=O)N3C2)nc2ccccc21. The molecule has 2 saturated carbocycles. The number of fused-ring (bicyclic) bond motifs is 3. The Bertz CT molecular complexity index is 2100. The Labute approximate surface area is 324 Å². The van der Waals surface area contributed by atoms with Gasteiger partial charge in [-0.3, -0.25) is 23.7 Å². The van der Waals surface area contributed by atoms with Gasteiger partial charge in [-0.05, 0) is 94.5 Å². The predicted molar refractivity (Wildman–Crippen MR) is 213 cm³/mol. The van der Waals surface area contributed by atoms with Gasteiger partial charge in [0, 0.05) is 24.1 Å². The molecule has 0 radical (unpaired) electrons. The molecule has 7 rings (SSSR count). The first kappa shape index (κ1) is 38.9. The highest BCUT2D eigenvalue weighted by Gasteiger charge is 2.63. The van der Waals surface area contributed by atoms with Crippen LogP contribution in [0.1, 0.15) is 111 Å². The molecule has 1 saturated heterocycles. The van der Waals surface area contributed by atoms with Crippen molar-refractivity contribution in [2.24, 2.45) is 5.92 Å². The molecule has 12 nitrogen and oxygen atoms in total. The van der Waals surface area contributed by atoms with Crippen LogP contribution < -0.4 is 20.1 Å². The molecule has 296 valence electrons. The van der Waals surface area contributed by atoms with Crippen molar-refractivity contribution in [1.29, 1.82) is 0 Å². The number of ether oxygens (including phenoxy) is 1. The largest absolute Gasteiger partial charge is 0.459 e. The van der Waals surface area contributed by atoms with Crippen molar-refractivity contribution < 1.29 is 27.5 Å². The van der Waals surface area contributed by atoms with Gasteiger partial charge in [-0.25, -0.2) is 8.42 Å². The van der Waals surface area contributed by atoms with Gasteiger partial charge in [0.25, 0.3) is 11.9 Å². The van der Waals surface area contributed by atoms with Crippen molar-refractivity contribution in [2.45, 2.75) is 139 Å². The lowest BCUT2D eigenvalue weighted by molar-refractivity contribution is -0.140. The van der Waals surface area contributed by atoms with Gasteiger partial charge in [0.05, 0.1) is 22.3 Å². The second-order valence-corrected chi connectivity index (χ2v) is 19.8. The number of sulfonamides is 1. The first-order valence-electron chi connectivity index (χ1n) is 19.9. The van der Waals surface area contributed by atoms with Gasteiger partial charge < -0.3 is 20.3 Å². The summed E-state index contributed by atoms with van der Waals surface area (Å²) in [5.74, 6) is -1.86. The summed E-state index contributed by atoms with van der Waals surface area (Å²) in [7, 11) is -3.95. The van der Waals surface area contributed by atoms with E-state index in [2.05, 4.69) is 62.1 Å². The summed E-state index contributed by atoms with van der Waals surface area (Å²) >= 11 is 0. The molecule has 13 heteroatoms. The van der Waals surface area contributed by atoms with Crippen LogP contribution >= 0.6 is 0 Å². The highest BCUT2D eigenvalue weighted by molar-refractivity contribution is 7.91. The van der Waals surface area contributed by atoms with Crippen LogP contribution in [0.25, 0.3) is 11.0 Å². The lowest BCUT2D eigenvalue weighted by Gasteiger charge is -2.30. The Morgan fingerprint density at radius 2 is 1.82 bits per heavy atom. The Balaban J connectivity index is 1.22. The zero-order valence-electron chi connectivity index (χ0n) is 32.9. The number of para-hydroxylation sites is 2. The molecule has 4 aliphatic rings. The number of imidazole rings is 1. The van der Waals surface area contributed by atoms with Crippen LogP contribution in [0.3, 0.4) is 0 Å². The second kappa shape index (κ2) is 14.6. The smallest absolute Gasteiger partial charge is 0.297 e. The van der Waals surface area contributed by atoms with Crippen molar-refractivity contribution in [2.75, 3.05) is 11.9 Å². The maximum absolute atomic E-state index is 14.9. The third-order valence-corrected chi connectivity index (χ3v) is 14.1. The second-order valence-electron chi connectivity index (χ2n) is 17.6. The van der Waals surface area contributed by atoms with Crippen molar-refractivity contribution in [3.8, 4) is 6.01 Å². The molecule has 55 heavy (non-hydrogen) atoms. The van der Waals surface area contributed by atoms with E-state index in [4.69, 9.17) is 9.72 Å². The quantitative estimate of drug-likeness (QED) is 0.231. The number of nitrogens with one attached hydrogen (secondary N) is 3. The topological polar surface area (TPSA) is 152 Å². The van der Waals surface area contributed by atoms with Gasteiger partial charge in [-0.15, -0.1) is 0 Å². The number of hydrogen-bond donors (Lipinski definition) is 3. The molecule has 3 N–H and O–H groups in total. The fraction of sp³-hybridized carbons (Fsp3) is 0.571. The van der Waals surface area contributed by atoms with Crippen molar-refractivity contribution in [3.05, 3.63) is 66.2 Å². The van der Waals surface area contributed by atoms with E-state index in [1.165, 1.54) is 0 Å². The van der Waals surface area contributed by atoms with Crippen LogP contribution in [0.15, 0.2) is 60.7 Å². The Hall–Kier alpha value is -4.39. The monoisotopic (exact) mass is 772 g/mol. The Morgan fingerprint density at radius 1 is 1.05 bits per heavy atom. The number of hydrogen-bond acceptors (Lipinski definition) is 8. The number of rotatable bonds is 8. The number of carbonyl (C=O) groups is 3. The highest BCUT2D eigenvalue weighted by Crippen LogP contribution is 2.47. The molecule has 2 aliphatic heterocycles. The van der Waals surface area contributed by atoms with E-state index in [0.717, 1.165) is 48.0 Å². The molecular formula is C42H56N6O6S. The molecule has 1 aromatic heterocycles. The van der Waals surface area contributed by atoms with Crippen molar-refractivity contribution in [1.82, 2.24) is 24.5 Å². The van der Waals surface area contributed by atoms with Gasteiger partial charge in [-0.2, -0.15) is 4.98 Å². The zero-order chi connectivity index (χ0) is 39.3. The van der Waals surface area contributed by atoms with Crippen LogP contribution in [0.5, 0.6) is 6.01 Å². The average molecular weight is 773 g/mol. The van der Waals surface area contributed by atoms with Crippen LogP contribution in [0.2, 0.25) is 0 Å². The molecule has 3 fully saturated rings. The maximum atomic E-state index is 14.9. The van der Waals surface area contributed by atoms with Crippen LogP contribution in [0.4, 0.5) is 5.69 Å². The molecule has 2 aliphatic carbocycles. The molecule has 2 aromatic carbocycles. The third-order valence-electron chi connectivity index (χ3n) is 11.9. The van der Waals surface area contributed by atoms with Gasteiger partial charge in [0.1, 0.15) is 23.7 Å². The molecule has 0 bridgehead atoms. The van der Waals surface area contributed by atoms with E-state index in [1.54, 1.807) is 11.8 Å². The Kier molecular flexibility index (Phi) is 10.3. The van der Waals surface area contributed by atoms with Crippen LogP contribution in [-0.4, -0.2) is 75.6 Å². The maximum Gasteiger partial charge on any atom is 0.297 e. The van der Waals surface area contributed by atoms with Crippen LogP contribution in [0, 0.1) is 5.92 Å². The summed E-state index contributed by atoms with van der Waals surface area (Å²) in [5.41, 5.74) is 2.12. The molecule has 3 heterocycles. The van der Waals surface area contributed by atoms with E-state index in [0.29, 0.717) is 25.3 Å². The molecule has 0 spiro atoms. The standard InChI is InChI=1S/C42H56N6O6S/c1-27(2)48-34-20-13-12-18-32(34)44-39(48)54-31-24-35-36(49)45-42(38(51)46-55(52,53)41(6)21-22-41)25-29(42)15-10-8-7-9-11-19-33(37(50)47(35)26-31)43-30-17-14-16-28(23-30)40(3,4)5/h10,12-18,20,23,27,29,31,33,35,43H,7-9,11,19,21-22,24-26H2,1-6H3,(H,45,49)(H,46,51)/t29-,31-,33+,35+,42-/m1/s1. The number of allylic oxidation sites excluding steroid dienone is 1.